The largest absolute Gasteiger partial charge is 0.366 e. The fraction of sp³-hybridized carbons (Fsp3) is 0.722. The fourth-order valence-electron chi connectivity index (χ4n) is 4.07. The van der Waals surface area contributed by atoms with E-state index in [1.54, 1.807) is 6.20 Å². The van der Waals surface area contributed by atoms with Gasteiger partial charge in [0, 0.05) is 38.8 Å². The van der Waals surface area contributed by atoms with Crippen molar-refractivity contribution in [3.8, 4) is 0 Å². The van der Waals surface area contributed by atoms with Crippen molar-refractivity contribution >= 4 is 23.2 Å². The molecule has 26 heavy (non-hydrogen) atoms. The second-order valence-electron chi connectivity index (χ2n) is 7.78. The Labute approximate surface area is 158 Å². The van der Waals surface area contributed by atoms with E-state index in [9.17, 15) is 9.59 Å². The zero-order valence-electron chi connectivity index (χ0n) is 15.4. The van der Waals surface area contributed by atoms with E-state index in [4.69, 9.17) is 11.6 Å². The highest BCUT2D eigenvalue weighted by molar-refractivity contribution is 6.33. The van der Waals surface area contributed by atoms with E-state index in [1.807, 2.05) is 13.8 Å². The normalized spacial score (nSPS) is 24.8. The summed E-state index contributed by atoms with van der Waals surface area (Å²) in [4.78, 5) is 31.5. The number of likely N-dealkylation sites (tertiary alicyclic amines) is 1. The molecule has 1 unspecified atom stereocenters. The minimum atomic E-state index is -0.243. The lowest BCUT2D eigenvalue weighted by atomic mass is 10.1. The maximum Gasteiger partial charge on any atom is 0.287 e. The Morgan fingerprint density at radius 2 is 1.77 bits per heavy atom. The zero-order valence-corrected chi connectivity index (χ0v) is 16.2. The molecule has 0 radical (unpaired) electrons. The molecule has 1 saturated carbocycles. The lowest BCUT2D eigenvalue weighted by molar-refractivity contribution is -0.132. The number of anilines is 1. The molecule has 3 aliphatic rings. The molecule has 2 saturated heterocycles. The van der Waals surface area contributed by atoms with Crippen LogP contribution in [0.2, 0.25) is 5.02 Å². The molecule has 142 valence electrons. The van der Waals surface area contributed by atoms with Gasteiger partial charge in [0.1, 0.15) is 5.02 Å². The monoisotopic (exact) mass is 379 g/mol. The quantitative estimate of drug-likeness (QED) is 0.790. The van der Waals surface area contributed by atoms with Crippen LogP contribution in [0.3, 0.4) is 0 Å². The van der Waals surface area contributed by atoms with Gasteiger partial charge in [0.25, 0.3) is 5.56 Å². The van der Waals surface area contributed by atoms with Crippen LogP contribution >= 0.6 is 11.6 Å². The molecule has 2 aliphatic heterocycles. The number of piperazine rings is 1. The predicted molar refractivity (Wildman–Crippen MR) is 101 cm³/mol. The van der Waals surface area contributed by atoms with E-state index in [-0.39, 0.29) is 22.7 Å². The number of amides is 1. The van der Waals surface area contributed by atoms with Gasteiger partial charge in [-0.25, -0.2) is 4.68 Å². The number of aromatic nitrogens is 2. The SMILES string of the molecule is CC(C)n1ncc(N2CCN(C3CCN(C4CC4)C3=O)CC2)c(Cl)c1=O. The number of nitrogens with zero attached hydrogens (tertiary/aromatic N) is 5. The van der Waals surface area contributed by atoms with E-state index >= 15 is 0 Å². The summed E-state index contributed by atoms with van der Waals surface area (Å²) >= 11 is 6.33. The van der Waals surface area contributed by atoms with Crippen molar-refractivity contribution in [1.82, 2.24) is 19.6 Å². The summed E-state index contributed by atoms with van der Waals surface area (Å²) in [6, 6.07) is 0.514. The van der Waals surface area contributed by atoms with Gasteiger partial charge in [-0.05, 0) is 33.1 Å². The Bertz CT molecular complexity index is 752. The first-order valence-electron chi connectivity index (χ1n) is 9.54. The van der Waals surface area contributed by atoms with Crippen molar-refractivity contribution in [3.05, 3.63) is 21.6 Å². The van der Waals surface area contributed by atoms with Gasteiger partial charge in [-0.3, -0.25) is 14.5 Å². The predicted octanol–water partition coefficient (Wildman–Crippen LogP) is 1.36. The van der Waals surface area contributed by atoms with Crippen LogP contribution in [0.15, 0.2) is 11.0 Å². The maximum absolute atomic E-state index is 12.6. The minimum absolute atomic E-state index is 0.0197. The summed E-state index contributed by atoms with van der Waals surface area (Å²) in [5.41, 5.74) is 0.457. The molecule has 0 aromatic carbocycles. The summed E-state index contributed by atoms with van der Waals surface area (Å²) in [6.45, 7) is 7.83. The lowest BCUT2D eigenvalue weighted by Gasteiger charge is -2.38. The van der Waals surface area contributed by atoms with Gasteiger partial charge in [0.05, 0.1) is 24.0 Å². The molecule has 3 fully saturated rings. The Balaban J connectivity index is 1.42. The highest BCUT2D eigenvalue weighted by Crippen LogP contribution is 2.32. The van der Waals surface area contributed by atoms with Crippen molar-refractivity contribution in [2.24, 2.45) is 0 Å². The molecule has 0 N–H and O–H groups in total. The van der Waals surface area contributed by atoms with Gasteiger partial charge in [-0.2, -0.15) is 5.10 Å². The van der Waals surface area contributed by atoms with Gasteiger partial charge in [-0.15, -0.1) is 0 Å². The third-order valence-electron chi connectivity index (χ3n) is 5.71. The number of hydrogen-bond acceptors (Lipinski definition) is 5. The molecule has 8 heteroatoms. The highest BCUT2D eigenvalue weighted by Gasteiger charge is 2.43. The third kappa shape index (κ3) is 3.11. The standard InChI is InChI=1S/C18H26ClN5O2/c1-12(2)24-18(26)16(19)15(11-20-24)22-9-7-21(8-10-22)14-5-6-23(17(14)25)13-3-4-13/h11-14H,3-10H2,1-2H3. The summed E-state index contributed by atoms with van der Waals surface area (Å²) in [5.74, 6) is 0.306. The first-order chi connectivity index (χ1) is 12.5. The molecule has 0 spiro atoms. The third-order valence-corrected chi connectivity index (χ3v) is 6.06. The van der Waals surface area contributed by atoms with Gasteiger partial charge in [0.2, 0.25) is 5.91 Å². The van der Waals surface area contributed by atoms with Crippen LogP contribution < -0.4 is 10.5 Å². The number of hydrogen-bond donors (Lipinski definition) is 0. The van der Waals surface area contributed by atoms with Crippen LogP contribution in [-0.2, 0) is 4.79 Å². The summed E-state index contributed by atoms with van der Waals surface area (Å²) in [6.07, 6.45) is 4.95. The Kier molecular flexibility index (Phi) is 4.69. The molecule has 4 rings (SSSR count). The first kappa shape index (κ1) is 17.8. The fourth-order valence-corrected chi connectivity index (χ4v) is 4.33. The van der Waals surface area contributed by atoms with Crippen LogP contribution in [0, 0.1) is 0 Å². The van der Waals surface area contributed by atoms with Crippen LogP contribution in [0.5, 0.6) is 0 Å². The molecule has 1 amide bonds. The van der Waals surface area contributed by atoms with Crippen molar-refractivity contribution in [1.29, 1.82) is 0 Å². The second kappa shape index (κ2) is 6.85. The molecule has 1 aromatic rings. The van der Waals surface area contributed by atoms with Crippen molar-refractivity contribution in [3.63, 3.8) is 0 Å². The highest BCUT2D eigenvalue weighted by atomic mass is 35.5. The van der Waals surface area contributed by atoms with E-state index in [1.165, 1.54) is 17.5 Å². The summed E-state index contributed by atoms with van der Waals surface area (Å²) in [7, 11) is 0. The average molecular weight is 380 g/mol. The van der Waals surface area contributed by atoms with Crippen molar-refractivity contribution < 1.29 is 4.79 Å². The van der Waals surface area contributed by atoms with E-state index < -0.39 is 0 Å². The van der Waals surface area contributed by atoms with E-state index in [0.717, 1.165) is 39.1 Å². The molecule has 1 atom stereocenters. The van der Waals surface area contributed by atoms with Crippen LogP contribution in [0.1, 0.15) is 39.2 Å². The van der Waals surface area contributed by atoms with Gasteiger partial charge in [0.15, 0.2) is 0 Å². The van der Waals surface area contributed by atoms with Crippen LogP contribution in [0.4, 0.5) is 5.69 Å². The molecule has 0 bridgehead atoms. The number of carbonyl (C=O) groups is 1. The molecular formula is C18H26ClN5O2. The van der Waals surface area contributed by atoms with Crippen LogP contribution in [0.25, 0.3) is 0 Å². The summed E-state index contributed by atoms with van der Waals surface area (Å²) < 4.78 is 1.41. The van der Waals surface area contributed by atoms with E-state index in [0.29, 0.717) is 17.6 Å². The first-order valence-corrected chi connectivity index (χ1v) is 9.92. The molecule has 3 heterocycles. The Morgan fingerprint density at radius 3 is 2.38 bits per heavy atom. The molecule has 1 aliphatic carbocycles. The number of carbonyl (C=O) groups excluding carboxylic acids is 1. The topological polar surface area (TPSA) is 61.7 Å². The minimum Gasteiger partial charge on any atom is -0.366 e. The van der Waals surface area contributed by atoms with Crippen molar-refractivity contribution in [2.45, 2.75) is 51.2 Å². The zero-order chi connectivity index (χ0) is 18.4. The van der Waals surface area contributed by atoms with Gasteiger partial charge in [-0.1, -0.05) is 11.6 Å². The van der Waals surface area contributed by atoms with Crippen molar-refractivity contribution in [2.75, 3.05) is 37.6 Å². The lowest BCUT2D eigenvalue weighted by Crippen LogP contribution is -2.53. The average Bonchev–Trinajstić information content (AvgIpc) is 3.39. The van der Waals surface area contributed by atoms with Gasteiger partial charge >= 0.3 is 0 Å². The second-order valence-corrected chi connectivity index (χ2v) is 8.16. The maximum atomic E-state index is 12.6. The van der Waals surface area contributed by atoms with E-state index in [2.05, 4.69) is 19.8 Å². The Hall–Kier alpha value is -1.60. The molecule has 7 nitrogen and oxygen atoms in total. The number of rotatable bonds is 4. The van der Waals surface area contributed by atoms with Gasteiger partial charge < -0.3 is 9.80 Å². The van der Waals surface area contributed by atoms with Crippen LogP contribution in [-0.4, -0.2) is 70.3 Å². The molecule has 1 aromatic heterocycles. The Morgan fingerprint density at radius 1 is 1.08 bits per heavy atom. The molecular weight excluding hydrogens is 354 g/mol. The summed E-state index contributed by atoms with van der Waals surface area (Å²) in [5, 5.41) is 4.50. The smallest absolute Gasteiger partial charge is 0.287 e. The number of halogens is 1.